The second-order valence-corrected chi connectivity index (χ2v) is 6.59. The molecule has 1 atom stereocenters. The van der Waals surface area contributed by atoms with Crippen molar-refractivity contribution in [2.75, 3.05) is 13.2 Å². The van der Waals surface area contributed by atoms with E-state index in [4.69, 9.17) is 9.15 Å². The molecule has 0 saturated heterocycles. The van der Waals surface area contributed by atoms with Gasteiger partial charge < -0.3 is 19.8 Å². The maximum atomic E-state index is 12.2. The molecule has 1 aromatic heterocycles. The molecule has 0 fully saturated rings. The Morgan fingerprint density at radius 1 is 1.14 bits per heavy atom. The van der Waals surface area contributed by atoms with Crippen LogP contribution >= 0.6 is 0 Å². The van der Waals surface area contributed by atoms with E-state index in [1.807, 2.05) is 57.2 Å². The molecule has 0 bridgehead atoms. The highest BCUT2D eigenvalue weighted by molar-refractivity contribution is 5.96. The van der Waals surface area contributed by atoms with Gasteiger partial charge in [0, 0.05) is 10.9 Å². The van der Waals surface area contributed by atoms with E-state index >= 15 is 0 Å². The molecular formula is C22H24N2O4. The number of hydrogen-bond acceptors (Lipinski definition) is 4. The van der Waals surface area contributed by atoms with E-state index in [-0.39, 0.29) is 24.4 Å². The number of benzene rings is 2. The van der Waals surface area contributed by atoms with Gasteiger partial charge in [-0.25, -0.2) is 0 Å². The van der Waals surface area contributed by atoms with Crippen molar-refractivity contribution in [2.45, 2.75) is 26.8 Å². The van der Waals surface area contributed by atoms with Gasteiger partial charge in [-0.1, -0.05) is 29.8 Å². The summed E-state index contributed by atoms with van der Waals surface area (Å²) in [6.07, 6.45) is 0. The molecule has 28 heavy (non-hydrogen) atoms. The third-order valence-electron chi connectivity index (χ3n) is 4.35. The van der Waals surface area contributed by atoms with Crippen molar-refractivity contribution in [3.63, 3.8) is 0 Å². The lowest BCUT2D eigenvalue weighted by atomic mass is 10.1. The van der Waals surface area contributed by atoms with Gasteiger partial charge in [0.05, 0.1) is 19.2 Å². The van der Waals surface area contributed by atoms with Crippen LogP contribution in [-0.2, 0) is 4.79 Å². The molecule has 0 aliphatic carbocycles. The normalized spacial score (nSPS) is 11.8. The quantitative estimate of drug-likeness (QED) is 0.654. The van der Waals surface area contributed by atoms with E-state index in [9.17, 15) is 9.59 Å². The molecule has 6 nitrogen and oxygen atoms in total. The van der Waals surface area contributed by atoms with E-state index in [1.165, 1.54) is 0 Å². The monoisotopic (exact) mass is 380 g/mol. The highest BCUT2D eigenvalue weighted by atomic mass is 16.5. The predicted octanol–water partition coefficient (Wildman–Crippen LogP) is 3.75. The lowest BCUT2D eigenvalue weighted by molar-refractivity contribution is -0.120. The first-order chi connectivity index (χ1) is 13.5. The predicted molar refractivity (Wildman–Crippen MR) is 107 cm³/mol. The Morgan fingerprint density at radius 2 is 1.89 bits per heavy atom. The summed E-state index contributed by atoms with van der Waals surface area (Å²) in [6.45, 7) is 6.13. The maximum Gasteiger partial charge on any atom is 0.251 e. The lowest BCUT2D eigenvalue weighted by Gasteiger charge is -2.12. The van der Waals surface area contributed by atoms with E-state index in [0.717, 1.165) is 10.9 Å². The van der Waals surface area contributed by atoms with Crippen LogP contribution in [0.3, 0.4) is 0 Å². The molecule has 3 rings (SSSR count). The fourth-order valence-electron chi connectivity index (χ4n) is 2.87. The fraction of sp³-hybridized carbons (Fsp3) is 0.273. The zero-order valence-corrected chi connectivity index (χ0v) is 16.2. The SMILES string of the molecule is CCOc1cccc2cc([C@H](C)NC(=O)CNC(=O)c3ccc(C)cc3)oc12. The third kappa shape index (κ3) is 4.52. The molecule has 0 saturated carbocycles. The highest BCUT2D eigenvalue weighted by Gasteiger charge is 2.17. The third-order valence-corrected chi connectivity index (χ3v) is 4.35. The van der Waals surface area contributed by atoms with Crippen LogP contribution in [0.1, 0.15) is 41.6 Å². The summed E-state index contributed by atoms with van der Waals surface area (Å²) in [6, 6.07) is 14.4. The minimum absolute atomic E-state index is 0.110. The number of rotatable bonds is 7. The van der Waals surface area contributed by atoms with Crippen molar-refractivity contribution in [1.29, 1.82) is 0 Å². The van der Waals surface area contributed by atoms with Gasteiger partial charge >= 0.3 is 0 Å². The smallest absolute Gasteiger partial charge is 0.251 e. The number of carbonyl (C=O) groups is 2. The Kier molecular flexibility index (Phi) is 5.99. The van der Waals surface area contributed by atoms with E-state index < -0.39 is 0 Å². The number of furan rings is 1. The molecule has 1 heterocycles. The molecule has 6 heteroatoms. The first kappa shape index (κ1) is 19.5. The van der Waals surface area contributed by atoms with Gasteiger partial charge in [0.1, 0.15) is 5.76 Å². The summed E-state index contributed by atoms with van der Waals surface area (Å²) in [5, 5.41) is 6.37. The molecule has 2 aromatic carbocycles. The summed E-state index contributed by atoms with van der Waals surface area (Å²) >= 11 is 0. The van der Waals surface area contributed by atoms with Gasteiger partial charge in [-0.15, -0.1) is 0 Å². The van der Waals surface area contributed by atoms with Crippen molar-refractivity contribution in [3.05, 3.63) is 65.4 Å². The Labute approximate surface area is 163 Å². The summed E-state index contributed by atoms with van der Waals surface area (Å²) in [5.41, 5.74) is 2.25. The standard InChI is InChI=1S/C22H24N2O4/c1-4-27-18-7-5-6-17-12-19(28-21(17)18)15(3)24-20(25)13-23-22(26)16-10-8-14(2)9-11-16/h5-12,15H,4,13H2,1-3H3,(H,23,26)(H,24,25)/t15-/m0/s1. The van der Waals surface area contributed by atoms with Crippen LogP contribution in [0.25, 0.3) is 11.0 Å². The number of nitrogens with one attached hydrogen (secondary N) is 2. The van der Waals surface area contributed by atoms with Crippen LogP contribution in [0.2, 0.25) is 0 Å². The van der Waals surface area contributed by atoms with Crippen molar-refractivity contribution < 1.29 is 18.7 Å². The average molecular weight is 380 g/mol. The second-order valence-electron chi connectivity index (χ2n) is 6.59. The van der Waals surface area contributed by atoms with Crippen LogP contribution in [0, 0.1) is 6.92 Å². The number of ether oxygens (including phenoxy) is 1. The van der Waals surface area contributed by atoms with Crippen LogP contribution in [0.5, 0.6) is 5.75 Å². The molecule has 2 amide bonds. The molecule has 0 spiro atoms. The van der Waals surface area contributed by atoms with Crippen LogP contribution in [0.15, 0.2) is 52.9 Å². The van der Waals surface area contributed by atoms with E-state index in [2.05, 4.69) is 10.6 Å². The molecule has 0 aliphatic rings. The summed E-state index contributed by atoms with van der Waals surface area (Å²) < 4.78 is 11.5. The largest absolute Gasteiger partial charge is 0.490 e. The Balaban J connectivity index is 1.59. The van der Waals surface area contributed by atoms with Gasteiger partial charge in [0.25, 0.3) is 5.91 Å². The first-order valence-corrected chi connectivity index (χ1v) is 9.27. The minimum atomic E-state index is -0.342. The summed E-state index contributed by atoms with van der Waals surface area (Å²) in [4.78, 5) is 24.3. The molecule has 2 N–H and O–H groups in total. The zero-order chi connectivity index (χ0) is 20.1. The van der Waals surface area contributed by atoms with E-state index in [1.54, 1.807) is 12.1 Å². The first-order valence-electron chi connectivity index (χ1n) is 9.27. The van der Waals surface area contributed by atoms with Crippen LogP contribution < -0.4 is 15.4 Å². The van der Waals surface area contributed by atoms with Gasteiger partial charge in [-0.05, 0) is 45.0 Å². The Morgan fingerprint density at radius 3 is 2.61 bits per heavy atom. The fourth-order valence-corrected chi connectivity index (χ4v) is 2.87. The van der Waals surface area contributed by atoms with Gasteiger partial charge in [-0.3, -0.25) is 9.59 Å². The van der Waals surface area contributed by atoms with Crippen LogP contribution in [0.4, 0.5) is 0 Å². The minimum Gasteiger partial charge on any atom is -0.490 e. The van der Waals surface area contributed by atoms with Crippen molar-refractivity contribution in [1.82, 2.24) is 10.6 Å². The molecule has 3 aromatic rings. The van der Waals surface area contributed by atoms with Crippen molar-refractivity contribution in [2.24, 2.45) is 0 Å². The topological polar surface area (TPSA) is 80.6 Å². The van der Waals surface area contributed by atoms with Gasteiger partial charge in [-0.2, -0.15) is 0 Å². The van der Waals surface area contributed by atoms with Crippen molar-refractivity contribution >= 4 is 22.8 Å². The van der Waals surface area contributed by atoms with E-state index in [0.29, 0.717) is 29.3 Å². The average Bonchev–Trinajstić information content (AvgIpc) is 3.12. The van der Waals surface area contributed by atoms with Crippen molar-refractivity contribution in [3.8, 4) is 5.75 Å². The summed E-state index contributed by atoms with van der Waals surface area (Å²) in [7, 11) is 0. The van der Waals surface area contributed by atoms with Gasteiger partial charge in [0.2, 0.25) is 5.91 Å². The zero-order valence-electron chi connectivity index (χ0n) is 16.2. The number of fused-ring (bicyclic) bond motifs is 1. The number of hydrogen-bond donors (Lipinski definition) is 2. The Hall–Kier alpha value is -3.28. The molecule has 0 aliphatic heterocycles. The lowest BCUT2D eigenvalue weighted by Crippen LogP contribution is -2.37. The number of aryl methyl sites for hydroxylation is 1. The second kappa shape index (κ2) is 8.61. The number of para-hydroxylation sites is 1. The maximum absolute atomic E-state index is 12.2. The number of carbonyl (C=O) groups excluding carboxylic acids is 2. The Bertz CT molecular complexity index is 976. The molecular weight excluding hydrogens is 356 g/mol. The molecule has 146 valence electrons. The summed E-state index contributed by atoms with van der Waals surface area (Å²) in [5.74, 6) is 0.724. The molecule has 0 unspecified atom stereocenters. The van der Waals surface area contributed by atoms with Crippen LogP contribution in [-0.4, -0.2) is 25.0 Å². The highest BCUT2D eigenvalue weighted by Crippen LogP contribution is 2.31. The number of amides is 2. The van der Waals surface area contributed by atoms with Gasteiger partial charge in [0.15, 0.2) is 11.3 Å². The molecule has 0 radical (unpaired) electrons.